The highest BCUT2D eigenvalue weighted by Crippen LogP contribution is 2.25. The fraction of sp³-hybridized carbons (Fsp3) is 0.345. The number of H-pyrrole nitrogens is 1. The Morgan fingerprint density at radius 2 is 2.00 bits per heavy atom. The van der Waals surface area contributed by atoms with Crippen LogP contribution in [-0.2, 0) is 0 Å². The molecule has 0 bridgehead atoms. The van der Waals surface area contributed by atoms with Crippen molar-refractivity contribution < 1.29 is 9.53 Å². The number of nitrogens with zero attached hydrogens (tertiary/aromatic N) is 3. The highest BCUT2D eigenvalue weighted by Gasteiger charge is 2.23. The number of aliphatic imine (C=N–C) groups is 1. The number of carbonyl (C=O) groups excluding carboxylic acids is 1. The van der Waals surface area contributed by atoms with E-state index in [1.54, 1.807) is 6.20 Å². The maximum absolute atomic E-state index is 13.1. The number of hydrogen-bond acceptors (Lipinski definition) is 5. The number of rotatable bonds is 9. The zero-order valence-corrected chi connectivity index (χ0v) is 21.3. The molecule has 1 aromatic heterocycles. The van der Waals surface area contributed by atoms with Crippen LogP contribution in [0, 0.1) is 5.92 Å². The van der Waals surface area contributed by atoms with Crippen LogP contribution >= 0.6 is 0 Å². The predicted octanol–water partition coefficient (Wildman–Crippen LogP) is 5.44. The number of aromatic nitrogens is 2. The van der Waals surface area contributed by atoms with Gasteiger partial charge in [-0.2, -0.15) is 5.10 Å². The number of ether oxygens (including phenoxy) is 1. The van der Waals surface area contributed by atoms with Crippen LogP contribution in [0.4, 0.5) is 0 Å². The van der Waals surface area contributed by atoms with Gasteiger partial charge in [-0.25, -0.2) is 0 Å². The Labute approximate surface area is 213 Å². The zero-order chi connectivity index (χ0) is 25.5. The van der Waals surface area contributed by atoms with E-state index >= 15 is 0 Å². The summed E-state index contributed by atoms with van der Waals surface area (Å²) in [6, 6.07) is 15.7. The van der Waals surface area contributed by atoms with E-state index in [1.165, 1.54) is 0 Å². The van der Waals surface area contributed by atoms with Crippen molar-refractivity contribution in [2.45, 2.75) is 39.7 Å². The lowest BCUT2D eigenvalue weighted by atomic mass is 10.0. The van der Waals surface area contributed by atoms with Gasteiger partial charge in [0.15, 0.2) is 5.69 Å². The third-order valence-corrected chi connectivity index (χ3v) is 6.34. The van der Waals surface area contributed by atoms with Gasteiger partial charge in [0.2, 0.25) is 0 Å². The molecule has 3 aromatic rings. The highest BCUT2D eigenvalue weighted by molar-refractivity contribution is 6.05. The number of likely N-dealkylation sites (tertiary alicyclic amines) is 1. The number of para-hydroxylation sites is 1. The molecule has 1 aliphatic rings. The summed E-state index contributed by atoms with van der Waals surface area (Å²) in [7, 11) is 0. The lowest BCUT2D eigenvalue weighted by molar-refractivity contribution is 0.0904. The van der Waals surface area contributed by atoms with Crippen LogP contribution in [0.1, 0.15) is 49.7 Å². The standard InChI is InChI=1S/C29H35N5O2/c1-20(2)19-34-14-12-23(13-15-34)31-29(35)28-26-17-22(10-11-27(26)32-33-28)21(3)16-25(18-30-4)36-24-8-6-5-7-9-24/h5-11,16-18,20,23H,4,12-15,19H2,1-3H3,(H,31,35)(H,32,33)/b21-16+,25-18+. The molecule has 0 spiro atoms. The number of carbonyl (C=O) groups is 1. The topological polar surface area (TPSA) is 82.6 Å². The van der Waals surface area contributed by atoms with Crippen molar-refractivity contribution in [1.29, 1.82) is 0 Å². The Kier molecular flexibility index (Phi) is 8.33. The van der Waals surface area contributed by atoms with E-state index in [2.05, 4.69) is 46.0 Å². The number of nitrogens with one attached hydrogen (secondary N) is 2. The summed E-state index contributed by atoms with van der Waals surface area (Å²) in [6.45, 7) is 13.2. The van der Waals surface area contributed by atoms with Crippen molar-refractivity contribution in [3.8, 4) is 5.75 Å². The molecule has 0 radical (unpaired) electrons. The lowest BCUT2D eigenvalue weighted by Crippen LogP contribution is -2.45. The van der Waals surface area contributed by atoms with Crippen LogP contribution in [0.25, 0.3) is 16.5 Å². The molecule has 36 heavy (non-hydrogen) atoms. The third-order valence-electron chi connectivity index (χ3n) is 6.34. The largest absolute Gasteiger partial charge is 0.456 e. The predicted molar refractivity (Wildman–Crippen MR) is 146 cm³/mol. The van der Waals surface area contributed by atoms with Gasteiger partial charge in [-0.1, -0.05) is 38.1 Å². The molecule has 0 unspecified atom stereocenters. The monoisotopic (exact) mass is 485 g/mol. The normalized spacial score (nSPS) is 15.9. The second-order valence-corrected chi connectivity index (χ2v) is 9.73. The van der Waals surface area contributed by atoms with E-state index < -0.39 is 0 Å². The summed E-state index contributed by atoms with van der Waals surface area (Å²) < 4.78 is 5.96. The first-order chi connectivity index (χ1) is 17.4. The molecule has 4 rings (SSSR count). The minimum Gasteiger partial charge on any atom is -0.456 e. The second-order valence-electron chi connectivity index (χ2n) is 9.73. The molecule has 2 aromatic carbocycles. The van der Waals surface area contributed by atoms with Crippen molar-refractivity contribution >= 4 is 29.1 Å². The van der Waals surface area contributed by atoms with Crippen molar-refractivity contribution in [1.82, 2.24) is 20.4 Å². The summed E-state index contributed by atoms with van der Waals surface area (Å²) in [5.74, 6) is 1.81. The van der Waals surface area contributed by atoms with Gasteiger partial charge in [0.25, 0.3) is 5.91 Å². The Hall–Kier alpha value is -3.71. The zero-order valence-electron chi connectivity index (χ0n) is 21.3. The second kappa shape index (κ2) is 11.8. The summed E-state index contributed by atoms with van der Waals surface area (Å²) in [5, 5.41) is 11.3. The minimum absolute atomic E-state index is 0.133. The van der Waals surface area contributed by atoms with Gasteiger partial charge in [-0.3, -0.25) is 14.9 Å². The third kappa shape index (κ3) is 6.49. The van der Waals surface area contributed by atoms with Crippen LogP contribution in [0.2, 0.25) is 0 Å². The summed E-state index contributed by atoms with van der Waals surface area (Å²) in [4.78, 5) is 19.5. The first-order valence-electron chi connectivity index (χ1n) is 12.5. The van der Waals surface area contributed by atoms with Gasteiger partial charge in [0.05, 0.1) is 11.7 Å². The Bertz CT molecular complexity index is 1250. The minimum atomic E-state index is -0.133. The fourth-order valence-electron chi connectivity index (χ4n) is 4.57. The number of fused-ring (bicyclic) bond motifs is 1. The summed E-state index contributed by atoms with van der Waals surface area (Å²) >= 11 is 0. The van der Waals surface area contributed by atoms with E-state index in [1.807, 2.05) is 61.5 Å². The molecule has 2 heterocycles. The molecular weight excluding hydrogens is 450 g/mol. The molecule has 1 saturated heterocycles. The van der Waals surface area contributed by atoms with Gasteiger partial charge in [-0.05, 0) is 73.9 Å². The molecule has 2 N–H and O–H groups in total. The van der Waals surface area contributed by atoms with Gasteiger partial charge < -0.3 is 15.0 Å². The van der Waals surface area contributed by atoms with Gasteiger partial charge in [0.1, 0.15) is 11.5 Å². The molecule has 188 valence electrons. The van der Waals surface area contributed by atoms with E-state index in [4.69, 9.17) is 4.74 Å². The molecule has 0 saturated carbocycles. The number of amides is 1. The van der Waals surface area contributed by atoms with Crippen LogP contribution in [0.3, 0.4) is 0 Å². The average Bonchev–Trinajstić information content (AvgIpc) is 3.29. The molecule has 7 nitrogen and oxygen atoms in total. The van der Waals surface area contributed by atoms with E-state index in [0.717, 1.165) is 60.3 Å². The maximum atomic E-state index is 13.1. The lowest BCUT2D eigenvalue weighted by Gasteiger charge is -2.33. The van der Waals surface area contributed by atoms with Crippen molar-refractivity contribution in [2.75, 3.05) is 19.6 Å². The Morgan fingerprint density at radius 1 is 1.25 bits per heavy atom. The first kappa shape index (κ1) is 25.4. The molecule has 1 aliphatic heterocycles. The van der Waals surface area contributed by atoms with Gasteiger partial charge >= 0.3 is 0 Å². The Morgan fingerprint density at radius 3 is 2.69 bits per heavy atom. The first-order valence-corrected chi connectivity index (χ1v) is 12.5. The van der Waals surface area contributed by atoms with Crippen LogP contribution in [-0.4, -0.2) is 53.4 Å². The molecule has 1 amide bonds. The quantitative estimate of drug-likeness (QED) is 0.240. The molecule has 1 fully saturated rings. The van der Waals surface area contributed by atoms with Crippen molar-refractivity contribution in [2.24, 2.45) is 10.9 Å². The van der Waals surface area contributed by atoms with Crippen LogP contribution in [0.5, 0.6) is 5.75 Å². The maximum Gasteiger partial charge on any atom is 0.272 e. The number of hydrogen-bond donors (Lipinski definition) is 2. The highest BCUT2D eigenvalue weighted by atomic mass is 16.5. The van der Waals surface area contributed by atoms with Crippen molar-refractivity contribution in [3.05, 3.63) is 77.8 Å². The van der Waals surface area contributed by atoms with Crippen LogP contribution < -0.4 is 10.1 Å². The van der Waals surface area contributed by atoms with Gasteiger partial charge in [-0.15, -0.1) is 0 Å². The summed E-state index contributed by atoms with van der Waals surface area (Å²) in [5.41, 5.74) is 3.18. The molecule has 0 atom stereocenters. The van der Waals surface area contributed by atoms with Crippen LogP contribution in [0.15, 0.2) is 71.6 Å². The smallest absolute Gasteiger partial charge is 0.272 e. The van der Waals surface area contributed by atoms with E-state index in [0.29, 0.717) is 17.4 Å². The number of benzene rings is 2. The average molecular weight is 486 g/mol. The van der Waals surface area contributed by atoms with E-state index in [9.17, 15) is 4.79 Å². The SMILES string of the molecule is C=N/C=C(\C=C(/C)c1ccc2[nH]nc(C(=O)NC3CCN(CC(C)C)CC3)c2c1)Oc1ccccc1. The number of aromatic amines is 1. The molecular formula is C29H35N5O2. The van der Waals surface area contributed by atoms with E-state index in [-0.39, 0.29) is 11.9 Å². The Balaban J connectivity index is 1.48. The van der Waals surface area contributed by atoms with Crippen molar-refractivity contribution in [3.63, 3.8) is 0 Å². The van der Waals surface area contributed by atoms with Gasteiger partial charge in [0, 0.05) is 31.1 Å². The fourth-order valence-corrected chi connectivity index (χ4v) is 4.57. The summed E-state index contributed by atoms with van der Waals surface area (Å²) in [6.07, 6.45) is 5.41. The number of allylic oxidation sites excluding steroid dienone is 2. The molecule has 7 heteroatoms. The molecule has 0 aliphatic carbocycles. The number of piperidine rings is 1.